The Hall–Kier alpha value is -1.53. The first-order chi connectivity index (χ1) is 10.1. The van der Waals surface area contributed by atoms with Crippen LogP contribution in [0, 0.1) is 11.6 Å². The van der Waals surface area contributed by atoms with Gasteiger partial charge in [0.15, 0.2) is 5.13 Å². The first-order valence-electron chi connectivity index (χ1n) is 6.98. The van der Waals surface area contributed by atoms with E-state index in [1.807, 2.05) is 5.38 Å². The molecule has 0 saturated carbocycles. The molecular formula is C15H19F2N3S. The number of nitrogens with one attached hydrogen (secondary N) is 2. The Morgan fingerprint density at radius 2 is 2.14 bits per heavy atom. The SMILES string of the molecule is CCCNC(C)Cc1csc(Nc2ccc(F)cc2F)n1. The van der Waals surface area contributed by atoms with Gasteiger partial charge < -0.3 is 10.6 Å². The lowest BCUT2D eigenvalue weighted by atomic mass is 10.2. The average Bonchev–Trinajstić information content (AvgIpc) is 2.87. The number of aromatic nitrogens is 1. The van der Waals surface area contributed by atoms with Gasteiger partial charge in [0.05, 0.1) is 11.4 Å². The summed E-state index contributed by atoms with van der Waals surface area (Å²) >= 11 is 1.41. The van der Waals surface area contributed by atoms with Gasteiger partial charge in [0.1, 0.15) is 11.6 Å². The Bertz CT molecular complexity index is 586. The highest BCUT2D eigenvalue weighted by Crippen LogP contribution is 2.24. The molecule has 0 bridgehead atoms. The molecule has 0 fully saturated rings. The van der Waals surface area contributed by atoms with E-state index in [-0.39, 0.29) is 5.69 Å². The summed E-state index contributed by atoms with van der Waals surface area (Å²) in [7, 11) is 0. The predicted molar refractivity (Wildman–Crippen MR) is 83.2 cm³/mol. The molecule has 1 aromatic carbocycles. The lowest BCUT2D eigenvalue weighted by molar-refractivity contribution is 0.540. The minimum Gasteiger partial charge on any atom is -0.329 e. The van der Waals surface area contributed by atoms with Crippen LogP contribution < -0.4 is 10.6 Å². The lowest BCUT2D eigenvalue weighted by Gasteiger charge is -2.11. The van der Waals surface area contributed by atoms with E-state index in [0.29, 0.717) is 11.2 Å². The normalized spacial score (nSPS) is 12.4. The van der Waals surface area contributed by atoms with Gasteiger partial charge in [0, 0.05) is 23.9 Å². The number of benzene rings is 1. The molecule has 0 radical (unpaired) electrons. The van der Waals surface area contributed by atoms with Gasteiger partial charge >= 0.3 is 0 Å². The zero-order valence-corrected chi connectivity index (χ0v) is 12.9. The van der Waals surface area contributed by atoms with Crippen LogP contribution in [-0.2, 0) is 6.42 Å². The Balaban J connectivity index is 1.96. The second kappa shape index (κ2) is 7.47. The second-order valence-corrected chi connectivity index (χ2v) is 5.81. The number of anilines is 2. The number of rotatable bonds is 7. The van der Waals surface area contributed by atoms with Gasteiger partial charge in [-0.25, -0.2) is 13.8 Å². The van der Waals surface area contributed by atoms with Gasteiger partial charge in [-0.15, -0.1) is 11.3 Å². The standard InChI is InChI=1S/C15H19F2N3S/c1-3-6-18-10(2)7-12-9-21-15(19-12)20-14-5-4-11(16)8-13(14)17/h4-5,8-10,18H,3,6-7H2,1-2H3,(H,19,20). The fourth-order valence-corrected chi connectivity index (χ4v) is 2.68. The van der Waals surface area contributed by atoms with Crippen molar-refractivity contribution in [2.24, 2.45) is 0 Å². The molecule has 0 saturated heterocycles. The molecule has 2 aromatic rings. The quantitative estimate of drug-likeness (QED) is 0.808. The molecular weight excluding hydrogens is 292 g/mol. The smallest absolute Gasteiger partial charge is 0.187 e. The molecule has 0 aliphatic rings. The molecule has 2 rings (SSSR count). The van der Waals surface area contributed by atoms with Crippen LogP contribution in [0.4, 0.5) is 19.6 Å². The van der Waals surface area contributed by atoms with Crippen molar-refractivity contribution in [3.8, 4) is 0 Å². The van der Waals surface area contributed by atoms with Crippen LogP contribution in [-0.4, -0.2) is 17.6 Å². The molecule has 2 N–H and O–H groups in total. The van der Waals surface area contributed by atoms with Gasteiger partial charge in [-0.2, -0.15) is 0 Å². The molecule has 1 unspecified atom stereocenters. The van der Waals surface area contributed by atoms with Crippen molar-refractivity contribution in [2.75, 3.05) is 11.9 Å². The third kappa shape index (κ3) is 4.75. The Morgan fingerprint density at radius 3 is 2.86 bits per heavy atom. The van der Waals surface area contributed by atoms with Crippen LogP contribution in [0.2, 0.25) is 0 Å². The number of hydrogen-bond acceptors (Lipinski definition) is 4. The maximum absolute atomic E-state index is 13.6. The molecule has 0 spiro atoms. The minimum absolute atomic E-state index is 0.231. The topological polar surface area (TPSA) is 37.0 Å². The van der Waals surface area contributed by atoms with E-state index < -0.39 is 11.6 Å². The highest BCUT2D eigenvalue weighted by Gasteiger charge is 2.09. The summed E-state index contributed by atoms with van der Waals surface area (Å²) in [4.78, 5) is 4.42. The fraction of sp³-hybridized carbons (Fsp3) is 0.400. The molecule has 1 atom stereocenters. The number of hydrogen-bond donors (Lipinski definition) is 2. The van der Waals surface area contributed by atoms with Crippen molar-refractivity contribution >= 4 is 22.2 Å². The van der Waals surface area contributed by atoms with E-state index in [1.54, 1.807) is 0 Å². The molecule has 0 aliphatic heterocycles. The Kier molecular flexibility index (Phi) is 5.64. The molecule has 6 heteroatoms. The highest BCUT2D eigenvalue weighted by molar-refractivity contribution is 7.13. The summed E-state index contributed by atoms with van der Waals surface area (Å²) < 4.78 is 26.4. The summed E-state index contributed by atoms with van der Waals surface area (Å²) in [6, 6.07) is 3.80. The van der Waals surface area contributed by atoms with Crippen molar-refractivity contribution < 1.29 is 8.78 Å². The molecule has 1 aromatic heterocycles. The molecule has 0 aliphatic carbocycles. The maximum Gasteiger partial charge on any atom is 0.187 e. The lowest BCUT2D eigenvalue weighted by Crippen LogP contribution is -2.28. The zero-order valence-electron chi connectivity index (χ0n) is 12.1. The van der Waals surface area contributed by atoms with E-state index in [2.05, 4.69) is 29.5 Å². The average molecular weight is 311 g/mol. The number of thiazole rings is 1. The van der Waals surface area contributed by atoms with Gasteiger partial charge in [-0.05, 0) is 32.0 Å². The third-order valence-electron chi connectivity index (χ3n) is 2.98. The monoisotopic (exact) mass is 311 g/mol. The summed E-state index contributed by atoms with van der Waals surface area (Å²) in [5.74, 6) is -1.21. The van der Waals surface area contributed by atoms with Gasteiger partial charge in [0.25, 0.3) is 0 Å². The van der Waals surface area contributed by atoms with Crippen molar-refractivity contribution in [3.05, 3.63) is 40.9 Å². The fourth-order valence-electron chi connectivity index (χ4n) is 1.94. The number of halogens is 2. The minimum atomic E-state index is -0.621. The summed E-state index contributed by atoms with van der Waals surface area (Å²) in [6.07, 6.45) is 1.92. The highest BCUT2D eigenvalue weighted by atomic mass is 32.1. The molecule has 1 heterocycles. The van der Waals surface area contributed by atoms with E-state index in [1.165, 1.54) is 23.5 Å². The van der Waals surface area contributed by atoms with Crippen LogP contribution in [0.3, 0.4) is 0 Å². The first-order valence-corrected chi connectivity index (χ1v) is 7.86. The van der Waals surface area contributed by atoms with Crippen molar-refractivity contribution in [1.82, 2.24) is 10.3 Å². The van der Waals surface area contributed by atoms with Crippen molar-refractivity contribution in [3.63, 3.8) is 0 Å². The maximum atomic E-state index is 13.6. The Labute approximate surface area is 127 Å². The number of nitrogens with zero attached hydrogens (tertiary/aromatic N) is 1. The molecule has 114 valence electrons. The van der Waals surface area contributed by atoms with Crippen LogP contribution in [0.5, 0.6) is 0 Å². The largest absolute Gasteiger partial charge is 0.329 e. The predicted octanol–water partition coefficient (Wildman–Crippen LogP) is 4.10. The van der Waals surface area contributed by atoms with Crippen molar-refractivity contribution in [2.45, 2.75) is 32.7 Å². The zero-order chi connectivity index (χ0) is 15.2. The van der Waals surface area contributed by atoms with Crippen molar-refractivity contribution in [1.29, 1.82) is 0 Å². The second-order valence-electron chi connectivity index (χ2n) is 4.95. The first kappa shape index (κ1) is 15.9. The van der Waals surface area contributed by atoms with Crippen LogP contribution >= 0.6 is 11.3 Å². The van der Waals surface area contributed by atoms with E-state index >= 15 is 0 Å². The summed E-state index contributed by atoms with van der Waals surface area (Å²) in [5.41, 5.74) is 1.19. The Morgan fingerprint density at radius 1 is 1.33 bits per heavy atom. The van der Waals surface area contributed by atoms with Gasteiger partial charge in [-0.3, -0.25) is 0 Å². The van der Waals surface area contributed by atoms with E-state index in [4.69, 9.17) is 0 Å². The molecule has 3 nitrogen and oxygen atoms in total. The van der Waals surface area contributed by atoms with Crippen LogP contribution in [0.1, 0.15) is 26.0 Å². The summed E-state index contributed by atoms with van der Waals surface area (Å²) in [5, 5.41) is 8.84. The molecule has 0 amide bonds. The molecule has 21 heavy (non-hydrogen) atoms. The van der Waals surface area contributed by atoms with E-state index in [9.17, 15) is 8.78 Å². The van der Waals surface area contributed by atoms with E-state index in [0.717, 1.165) is 31.1 Å². The van der Waals surface area contributed by atoms with Crippen LogP contribution in [0.15, 0.2) is 23.6 Å². The summed E-state index contributed by atoms with van der Waals surface area (Å²) in [6.45, 7) is 5.22. The third-order valence-corrected chi connectivity index (χ3v) is 3.79. The van der Waals surface area contributed by atoms with Gasteiger partial charge in [-0.1, -0.05) is 6.92 Å². The van der Waals surface area contributed by atoms with Gasteiger partial charge in [0.2, 0.25) is 0 Å². The van der Waals surface area contributed by atoms with Crippen LogP contribution in [0.25, 0.3) is 0 Å².